The highest BCUT2D eigenvalue weighted by molar-refractivity contribution is 5.95. The smallest absolute Gasteiger partial charge is 0.224 e. The first-order chi connectivity index (χ1) is 16.6. The number of nitrogens with one attached hydrogen (secondary N) is 1. The molecule has 0 bridgehead atoms. The first kappa shape index (κ1) is 21.3. The van der Waals surface area contributed by atoms with E-state index >= 15 is 0 Å². The zero-order valence-electron chi connectivity index (χ0n) is 18.4. The topological polar surface area (TPSA) is 112 Å². The summed E-state index contributed by atoms with van der Waals surface area (Å²) in [4.78, 5) is 21.4. The summed E-state index contributed by atoms with van der Waals surface area (Å²) in [6, 6.07) is 21.4. The Morgan fingerprint density at radius 2 is 1.88 bits per heavy atom. The summed E-state index contributed by atoms with van der Waals surface area (Å²) in [5.41, 5.74) is 11.6. The Morgan fingerprint density at radius 3 is 2.76 bits per heavy atom. The number of nitrogens with two attached hydrogens (primary N) is 1. The van der Waals surface area contributed by atoms with Crippen LogP contribution < -0.4 is 11.1 Å². The third-order valence-electron chi connectivity index (χ3n) is 5.50. The van der Waals surface area contributed by atoms with Gasteiger partial charge < -0.3 is 11.1 Å². The monoisotopic (exact) mass is 449 g/mol. The lowest BCUT2D eigenvalue weighted by molar-refractivity contribution is -0.116. The zero-order valence-corrected chi connectivity index (χ0v) is 18.4. The van der Waals surface area contributed by atoms with Crippen LogP contribution in [0.15, 0.2) is 85.3 Å². The van der Waals surface area contributed by atoms with Crippen molar-refractivity contribution in [2.45, 2.75) is 19.4 Å². The maximum absolute atomic E-state index is 12.6. The van der Waals surface area contributed by atoms with Gasteiger partial charge in [-0.05, 0) is 35.9 Å². The molecule has 0 aliphatic rings. The molecule has 0 aliphatic carbocycles. The number of rotatable bonds is 7. The summed E-state index contributed by atoms with van der Waals surface area (Å²) in [5.74, 6) is -0.138. The minimum Gasteiger partial charge on any atom is -0.397 e. The molecule has 0 saturated heterocycles. The first-order valence-electron chi connectivity index (χ1n) is 11.0. The van der Waals surface area contributed by atoms with Crippen molar-refractivity contribution in [3.63, 3.8) is 0 Å². The van der Waals surface area contributed by atoms with Crippen LogP contribution >= 0.6 is 0 Å². The molecule has 0 fully saturated rings. The van der Waals surface area contributed by atoms with Gasteiger partial charge in [-0.3, -0.25) is 14.8 Å². The van der Waals surface area contributed by atoms with Crippen LogP contribution in [0.25, 0.3) is 22.0 Å². The molecule has 8 heteroatoms. The fourth-order valence-corrected chi connectivity index (χ4v) is 3.72. The number of benzene rings is 2. The van der Waals surface area contributed by atoms with Crippen LogP contribution in [0.4, 0.5) is 11.4 Å². The number of carbonyl (C=O) groups excluding carboxylic acids is 1. The molecule has 5 rings (SSSR count). The Bertz CT molecular complexity index is 1450. The molecule has 0 saturated carbocycles. The highest BCUT2D eigenvalue weighted by Crippen LogP contribution is 2.27. The number of hydrogen-bond acceptors (Lipinski definition) is 6. The predicted molar refractivity (Wildman–Crippen MR) is 132 cm³/mol. The number of hydrogen-bond donors (Lipinski definition) is 2. The first-order valence-corrected chi connectivity index (χ1v) is 11.0. The number of aryl methyl sites for hydroxylation is 1. The van der Waals surface area contributed by atoms with Gasteiger partial charge in [0.05, 0.1) is 34.8 Å². The maximum atomic E-state index is 12.6. The number of pyridine rings is 2. The van der Waals surface area contributed by atoms with E-state index in [1.807, 2.05) is 60.8 Å². The van der Waals surface area contributed by atoms with Gasteiger partial charge in [0.15, 0.2) is 0 Å². The van der Waals surface area contributed by atoms with Gasteiger partial charge in [0, 0.05) is 42.4 Å². The number of para-hydroxylation sites is 1. The molecule has 3 heterocycles. The minimum atomic E-state index is -0.138. The van der Waals surface area contributed by atoms with Gasteiger partial charge in [-0.2, -0.15) is 0 Å². The second-order valence-electron chi connectivity index (χ2n) is 7.99. The summed E-state index contributed by atoms with van der Waals surface area (Å²) >= 11 is 0. The molecule has 0 aliphatic heterocycles. The number of anilines is 2. The largest absolute Gasteiger partial charge is 0.397 e. The fraction of sp³-hybridized carbons (Fsp3) is 0.115. The Hall–Kier alpha value is -4.59. The standard InChI is InChI=1S/C26H23N7O/c27-23-11-8-19(20-5-3-13-28-15-20)14-25(23)30-26(34)12-10-22-17-33(32-31-22)16-21-9-7-18-4-1-2-6-24(18)29-21/h1-9,11,13-15,17H,10,12,16,27H2,(H,30,34). The van der Waals surface area contributed by atoms with E-state index in [0.717, 1.165) is 33.4 Å². The number of amides is 1. The van der Waals surface area contributed by atoms with Crippen LogP contribution in [-0.2, 0) is 17.8 Å². The second kappa shape index (κ2) is 9.50. The van der Waals surface area contributed by atoms with Crippen molar-refractivity contribution in [3.8, 4) is 11.1 Å². The van der Waals surface area contributed by atoms with Crippen LogP contribution in [0.5, 0.6) is 0 Å². The quantitative estimate of drug-likeness (QED) is 0.362. The van der Waals surface area contributed by atoms with Gasteiger partial charge in [-0.25, -0.2) is 4.68 Å². The molecule has 168 valence electrons. The lowest BCUT2D eigenvalue weighted by atomic mass is 10.1. The van der Waals surface area contributed by atoms with Gasteiger partial charge in [0.25, 0.3) is 0 Å². The molecule has 3 N–H and O–H groups in total. The van der Waals surface area contributed by atoms with Crippen molar-refractivity contribution in [2.75, 3.05) is 11.1 Å². The van der Waals surface area contributed by atoms with Crippen molar-refractivity contribution in [2.24, 2.45) is 0 Å². The minimum absolute atomic E-state index is 0.138. The van der Waals surface area contributed by atoms with E-state index in [2.05, 4.69) is 31.7 Å². The van der Waals surface area contributed by atoms with E-state index in [0.29, 0.717) is 24.3 Å². The number of nitrogens with zero attached hydrogens (tertiary/aromatic N) is 5. The Morgan fingerprint density at radius 1 is 0.971 bits per heavy atom. The molecule has 0 spiro atoms. The molecule has 3 aromatic heterocycles. The van der Waals surface area contributed by atoms with E-state index < -0.39 is 0 Å². The summed E-state index contributed by atoms with van der Waals surface area (Å²) in [5, 5.41) is 12.4. The Balaban J connectivity index is 1.19. The highest BCUT2D eigenvalue weighted by Gasteiger charge is 2.10. The molecule has 34 heavy (non-hydrogen) atoms. The van der Waals surface area contributed by atoms with Gasteiger partial charge >= 0.3 is 0 Å². The summed E-state index contributed by atoms with van der Waals surface area (Å²) in [7, 11) is 0. The summed E-state index contributed by atoms with van der Waals surface area (Å²) < 4.78 is 1.74. The second-order valence-corrected chi connectivity index (χ2v) is 7.99. The maximum Gasteiger partial charge on any atom is 0.224 e. The zero-order chi connectivity index (χ0) is 23.3. The average molecular weight is 450 g/mol. The lowest BCUT2D eigenvalue weighted by Gasteiger charge is -2.10. The fourth-order valence-electron chi connectivity index (χ4n) is 3.72. The normalized spacial score (nSPS) is 10.9. The van der Waals surface area contributed by atoms with E-state index in [9.17, 15) is 4.79 Å². The molecule has 8 nitrogen and oxygen atoms in total. The molecule has 2 aromatic carbocycles. The van der Waals surface area contributed by atoms with Crippen LogP contribution in [0.3, 0.4) is 0 Å². The van der Waals surface area contributed by atoms with E-state index in [-0.39, 0.29) is 12.3 Å². The number of fused-ring (bicyclic) bond motifs is 1. The SMILES string of the molecule is Nc1ccc(-c2cccnc2)cc1NC(=O)CCc1cn(Cc2ccc3ccccc3n2)nn1. The lowest BCUT2D eigenvalue weighted by Crippen LogP contribution is -2.13. The third kappa shape index (κ3) is 4.91. The summed E-state index contributed by atoms with van der Waals surface area (Å²) in [6.45, 7) is 0.516. The van der Waals surface area contributed by atoms with Crippen molar-refractivity contribution in [3.05, 3.63) is 96.7 Å². The Kier molecular flexibility index (Phi) is 5.94. The third-order valence-corrected chi connectivity index (χ3v) is 5.50. The van der Waals surface area contributed by atoms with Crippen LogP contribution in [0.2, 0.25) is 0 Å². The molecule has 0 unspecified atom stereocenters. The van der Waals surface area contributed by atoms with Crippen molar-refractivity contribution in [1.82, 2.24) is 25.0 Å². The van der Waals surface area contributed by atoms with Gasteiger partial charge in [-0.15, -0.1) is 5.10 Å². The molecule has 0 radical (unpaired) electrons. The molecular weight excluding hydrogens is 426 g/mol. The van der Waals surface area contributed by atoms with Gasteiger partial charge in [-0.1, -0.05) is 41.6 Å². The van der Waals surface area contributed by atoms with Crippen molar-refractivity contribution < 1.29 is 4.79 Å². The number of carbonyl (C=O) groups is 1. The summed E-state index contributed by atoms with van der Waals surface area (Å²) in [6.07, 6.45) is 6.08. The van der Waals surface area contributed by atoms with Crippen molar-refractivity contribution in [1.29, 1.82) is 0 Å². The number of aromatic nitrogens is 5. The highest BCUT2D eigenvalue weighted by atomic mass is 16.1. The molecule has 0 atom stereocenters. The Labute approximate surface area is 196 Å². The molecule has 1 amide bonds. The van der Waals surface area contributed by atoms with Crippen LogP contribution in [0, 0.1) is 0 Å². The van der Waals surface area contributed by atoms with Gasteiger partial charge in [0.1, 0.15) is 0 Å². The van der Waals surface area contributed by atoms with E-state index in [4.69, 9.17) is 5.73 Å². The molecular formula is C26H23N7O. The van der Waals surface area contributed by atoms with E-state index in [1.54, 1.807) is 23.1 Å². The predicted octanol–water partition coefficient (Wildman–Crippen LogP) is 4.09. The number of nitrogen functional groups attached to an aromatic ring is 1. The molecule has 5 aromatic rings. The van der Waals surface area contributed by atoms with E-state index in [1.165, 1.54) is 0 Å². The average Bonchev–Trinajstić information content (AvgIpc) is 3.32. The van der Waals surface area contributed by atoms with Crippen LogP contribution in [-0.4, -0.2) is 30.9 Å². The van der Waals surface area contributed by atoms with Crippen LogP contribution in [0.1, 0.15) is 17.8 Å². The van der Waals surface area contributed by atoms with Gasteiger partial charge in [0.2, 0.25) is 5.91 Å². The van der Waals surface area contributed by atoms with Crippen molar-refractivity contribution >= 4 is 28.2 Å².